The molecule has 1 amide bonds. The van der Waals surface area contributed by atoms with Gasteiger partial charge in [-0.15, -0.1) is 0 Å². The van der Waals surface area contributed by atoms with Gasteiger partial charge in [-0.25, -0.2) is 14.8 Å². The number of carboxylic acids is 1. The molecule has 0 unspecified atom stereocenters. The average molecular weight is 283 g/mol. The van der Waals surface area contributed by atoms with E-state index >= 15 is 0 Å². The van der Waals surface area contributed by atoms with Gasteiger partial charge in [0.1, 0.15) is 6.33 Å². The lowest BCUT2D eigenvalue weighted by atomic mass is 10.1. The number of aliphatic carboxylic acids is 1. The van der Waals surface area contributed by atoms with Crippen LogP contribution in [-0.4, -0.2) is 27.0 Å². The lowest BCUT2D eigenvalue weighted by Crippen LogP contribution is -2.23. The Morgan fingerprint density at radius 2 is 2.14 bits per heavy atom. The molecule has 1 aromatic carbocycles. The van der Waals surface area contributed by atoms with Crippen molar-refractivity contribution in [3.63, 3.8) is 0 Å². The average Bonchev–Trinajstić information content (AvgIpc) is 2.52. The second-order valence-electron chi connectivity index (χ2n) is 4.18. The first-order valence-corrected chi connectivity index (χ1v) is 6.19. The normalized spacial score (nSPS) is 10.5. The third-order valence-corrected chi connectivity index (χ3v) is 2.64. The third-order valence-electron chi connectivity index (χ3n) is 2.64. The van der Waals surface area contributed by atoms with Gasteiger partial charge >= 0.3 is 5.97 Å². The number of amides is 1. The Morgan fingerprint density at radius 3 is 2.86 bits per heavy atom. The molecule has 0 bridgehead atoms. The van der Waals surface area contributed by atoms with E-state index in [0.717, 1.165) is 6.08 Å². The van der Waals surface area contributed by atoms with E-state index < -0.39 is 5.97 Å². The summed E-state index contributed by atoms with van der Waals surface area (Å²) < 4.78 is 0. The first-order valence-electron chi connectivity index (χ1n) is 6.19. The zero-order valence-corrected chi connectivity index (χ0v) is 11.1. The van der Waals surface area contributed by atoms with Crippen LogP contribution < -0.4 is 5.32 Å². The van der Waals surface area contributed by atoms with E-state index in [1.807, 2.05) is 0 Å². The topological polar surface area (TPSA) is 92.2 Å². The number of nitrogens with zero attached hydrogens (tertiary/aromatic N) is 2. The van der Waals surface area contributed by atoms with Crippen LogP contribution in [0.4, 0.5) is 0 Å². The van der Waals surface area contributed by atoms with Crippen molar-refractivity contribution < 1.29 is 14.7 Å². The standard InChI is InChI=1S/C15H13N3O3/c19-14(20)5-4-11-2-1-3-12(8-11)15(21)17-9-13-6-7-16-10-18-13/h1-8,10H,9H2,(H,17,21)(H,19,20)/b5-4+. The summed E-state index contributed by atoms with van der Waals surface area (Å²) in [6, 6.07) is 8.41. The minimum Gasteiger partial charge on any atom is -0.478 e. The first kappa shape index (κ1) is 14.4. The highest BCUT2D eigenvalue weighted by Crippen LogP contribution is 2.07. The van der Waals surface area contributed by atoms with Gasteiger partial charge in [0.2, 0.25) is 0 Å². The van der Waals surface area contributed by atoms with Crippen LogP contribution in [0.5, 0.6) is 0 Å². The predicted molar refractivity (Wildman–Crippen MR) is 76.3 cm³/mol. The van der Waals surface area contributed by atoms with Crippen LogP contribution in [0.15, 0.2) is 48.9 Å². The van der Waals surface area contributed by atoms with Gasteiger partial charge in [-0.2, -0.15) is 0 Å². The van der Waals surface area contributed by atoms with Gasteiger partial charge in [0, 0.05) is 17.8 Å². The van der Waals surface area contributed by atoms with E-state index in [1.54, 1.807) is 36.5 Å². The minimum atomic E-state index is -1.03. The molecule has 0 aliphatic rings. The van der Waals surface area contributed by atoms with Crippen molar-refractivity contribution in [2.75, 3.05) is 0 Å². The molecule has 0 atom stereocenters. The zero-order valence-electron chi connectivity index (χ0n) is 11.1. The van der Waals surface area contributed by atoms with Crippen LogP contribution in [0.3, 0.4) is 0 Å². The van der Waals surface area contributed by atoms with Gasteiger partial charge in [0.15, 0.2) is 0 Å². The quantitative estimate of drug-likeness (QED) is 0.811. The van der Waals surface area contributed by atoms with E-state index in [9.17, 15) is 9.59 Å². The van der Waals surface area contributed by atoms with E-state index in [0.29, 0.717) is 23.4 Å². The fraction of sp³-hybridized carbons (Fsp3) is 0.0667. The molecule has 6 heteroatoms. The van der Waals surface area contributed by atoms with Gasteiger partial charge in [-0.3, -0.25) is 4.79 Å². The highest BCUT2D eigenvalue weighted by molar-refractivity contribution is 5.95. The van der Waals surface area contributed by atoms with Crippen LogP contribution in [0.2, 0.25) is 0 Å². The Hall–Kier alpha value is -3.02. The van der Waals surface area contributed by atoms with Crippen molar-refractivity contribution in [1.82, 2.24) is 15.3 Å². The van der Waals surface area contributed by atoms with Crippen molar-refractivity contribution in [2.45, 2.75) is 6.54 Å². The summed E-state index contributed by atoms with van der Waals surface area (Å²) in [4.78, 5) is 30.3. The highest BCUT2D eigenvalue weighted by atomic mass is 16.4. The molecule has 6 nitrogen and oxygen atoms in total. The molecule has 0 radical (unpaired) electrons. The molecule has 0 aliphatic carbocycles. The van der Waals surface area contributed by atoms with Gasteiger partial charge in [-0.05, 0) is 29.8 Å². The zero-order chi connectivity index (χ0) is 15.1. The predicted octanol–water partition coefficient (Wildman–Crippen LogP) is 1.50. The van der Waals surface area contributed by atoms with Crippen LogP contribution in [0.1, 0.15) is 21.6 Å². The van der Waals surface area contributed by atoms with E-state index in [-0.39, 0.29) is 5.91 Å². The van der Waals surface area contributed by atoms with Crippen LogP contribution in [0.25, 0.3) is 6.08 Å². The lowest BCUT2D eigenvalue weighted by molar-refractivity contribution is -0.131. The summed E-state index contributed by atoms with van der Waals surface area (Å²) in [7, 11) is 0. The van der Waals surface area contributed by atoms with Crippen LogP contribution >= 0.6 is 0 Å². The van der Waals surface area contributed by atoms with E-state index in [4.69, 9.17) is 5.11 Å². The Morgan fingerprint density at radius 1 is 1.29 bits per heavy atom. The number of benzene rings is 1. The second-order valence-corrected chi connectivity index (χ2v) is 4.18. The molecule has 0 spiro atoms. The monoisotopic (exact) mass is 283 g/mol. The van der Waals surface area contributed by atoms with Gasteiger partial charge in [0.05, 0.1) is 12.2 Å². The summed E-state index contributed by atoms with van der Waals surface area (Å²) in [6.07, 6.45) is 5.48. The summed E-state index contributed by atoms with van der Waals surface area (Å²) in [5, 5.41) is 11.3. The van der Waals surface area contributed by atoms with Gasteiger partial charge < -0.3 is 10.4 Å². The smallest absolute Gasteiger partial charge is 0.328 e. The van der Waals surface area contributed by atoms with Crippen LogP contribution in [0, 0.1) is 0 Å². The summed E-state index contributed by atoms with van der Waals surface area (Å²) in [5.41, 5.74) is 1.81. The molecule has 2 rings (SSSR count). The number of hydrogen-bond acceptors (Lipinski definition) is 4. The lowest BCUT2D eigenvalue weighted by Gasteiger charge is -2.05. The molecular formula is C15H13N3O3. The summed E-state index contributed by atoms with van der Waals surface area (Å²) in [6.45, 7) is 0.302. The maximum atomic E-state index is 12.0. The van der Waals surface area contributed by atoms with E-state index in [2.05, 4.69) is 15.3 Å². The molecule has 0 aliphatic heterocycles. The number of nitrogens with one attached hydrogen (secondary N) is 1. The fourth-order valence-corrected chi connectivity index (χ4v) is 1.65. The molecule has 0 saturated heterocycles. The molecule has 2 N–H and O–H groups in total. The molecular weight excluding hydrogens is 270 g/mol. The molecule has 1 heterocycles. The van der Waals surface area contributed by atoms with Crippen molar-refractivity contribution in [3.8, 4) is 0 Å². The van der Waals surface area contributed by atoms with Crippen LogP contribution in [-0.2, 0) is 11.3 Å². The Balaban J connectivity index is 2.02. The van der Waals surface area contributed by atoms with Crippen molar-refractivity contribution >= 4 is 18.0 Å². The number of carbonyl (C=O) groups excluding carboxylic acids is 1. The summed E-state index contributed by atoms with van der Waals surface area (Å²) in [5.74, 6) is -1.28. The van der Waals surface area contributed by atoms with Gasteiger partial charge in [-0.1, -0.05) is 12.1 Å². The largest absolute Gasteiger partial charge is 0.478 e. The maximum Gasteiger partial charge on any atom is 0.328 e. The number of hydrogen-bond donors (Lipinski definition) is 2. The molecule has 0 fully saturated rings. The second kappa shape index (κ2) is 6.95. The number of aromatic nitrogens is 2. The summed E-state index contributed by atoms with van der Waals surface area (Å²) >= 11 is 0. The SMILES string of the molecule is O=C(O)/C=C/c1cccc(C(=O)NCc2ccncn2)c1. The number of carboxylic acid groups (broad SMARTS) is 1. The minimum absolute atomic E-state index is 0.251. The van der Waals surface area contributed by atoms with Crippen molar-refractivity contribution in [3.05, 3.63) is 65.8 Å². The third kappa shape index (κ3) is 4.54. The molecule has 0 saturated carbocycles. The van der Waals surface area contributed by atoms with Crippen molar-refractivity contribution in [2.24, 2.45) is 0 Å². The van der Waals surface area contributed by atoms with Crippen molar-refractivity contribution in [1.29, 1.82) is 0 Å². The Bertz CT molecular complexity index is 669. The Kier molecular flexibility index (Phi) is 4.76. The highest BCUT2D eigenvalue weighted by Gasteiger charge is 2.05. The molecule has 21 heavy (non-hydrogen) atoms. The Labute approximate surface area is 121 Å². The first-order chi connectivity index (χ1) is 10.1. The fourth-order valence-electron chi connectivity index (χ4n) is 1.65. The number of carbonyl (C=O) groups is 2. The van der Waals surface area contributed by atoms with Gasteiger partial charge in [0.25, 0.3) is 5.91 Å². The number of rotatable bonds is 5. The van der Waals surface area contributed by atoms with E-state index in [1.165, 1.54) is 12.4 Å². The molecule has 106 valence electrons. The maximum absolute atomic E-state index is 12.0. The molecule has 2 aromatic rings. The molecule has 1 aromatic heterocycles.